The van der Waals surface area contributed by atoms with Crippen LogP contribution in [0.25, 0.3) is 0 Å². The van der Waals surface area contributed by atoms with E-state index in [9.17, 15) is 9.18 Å². The molecular formula is C15H18FNO2. The second-order valence-corrected chi connectivity index (χ2v) is 5.47. The lowest BCUT2D eigenvalue weighted by Crippen LogP contribution is -2.50. The fourth-order valence-electron chi connectivity index (χ4n) is 2.68. The predicted octanol–water partition coefficient (Wildman–Crippen LogP) is 2.36. The number of carbonyl (C=O) groups excluding carboxylic acids is 1. The molecule has 102 valence electrons. The first-order chi connectivity index (χ1) is 9.20. The Bertz CT molecular complexity index is 479. The van der Waals surface area contributed by atoms with Gasteiger partial charge in [-0.3, -0.25) is 4.79 Å². The molecule has 2 aliphatic rings. The number of ether oxygens (including phenoxy) is 1. The van der Waals surface area contributed by atoms with Gasteiger partial charge in [0.1, 0.15) is 5.82 Å². The molecule has 1 saturated heterocycles. The number of halogens is 1. The van der Waals surface area contributed by atoms with E-state index >= 15 is 0 Å². The van der Waals surface area contributed by atoms with Gasteiger partial charge >= 0.3 is 0 Å². The highest BCUT2D eigenvalue weighted by molar-refractivity contribution is 5.81. The minimum absolute atomic E-state index is 0.103. The molecule has 0 unspecified atom stereocenters. The summed E-state index contributed by atoms with van der Waals surface area (Å²) in [5, 5.41) is 3.15. The molecule has 1 aromatic rings. The topological polar surface area (TPSA) is 38.3 Å². The van der Waals surface area contributed by atoms with Crippen LogP contribution in [-0.2, 0) is 15.1 Å². The van der Waals surface area contributed by atoms with Crippen molar-refractivity contribution >= 4 is 5.91 Å². The Morgan fingerprint density at radius 3 is 2.68 bits per heavy atom. The van der Waals surface area contributed by atoms with Gasteiger partial charge in [-0.1, -0.05) is 12.1 Å². The number of rotatable bonds is 3. The van der Waals surface area contributed by atoms with Gasteiger partial charge in [0.15, 0.2) is 0 Å². The van der Waals surface area contributed by atoms with E-state index in [0.29, 0.717) is 26.1 Å². The number of nitrogens with one attached hydrogen (secondary N) is 1. The molecule has 1 aromatic carbocycles. The summed E-state index contributed by atoms with van der Waals surface area (Å²) in [5.41, 5.74) is 0.393. The third-order valence-electron chi connectivity index (χ3n) is 4.03. The summed E-state index contributed by atoms with van der Waals surface area (Å²) in [6, 6.07) is 6.55. The zero-order chi connectivity index (χ0) is 13.3. The Kier molecular flexibility index (Phi) is 3.27. The molecule has 1 heterocycles. The van der Waals surface area contributed by atoms with Gasteiger partial charge in [0, 0.05) is 19.1 Å². The fraction of sp³-hybridized carbons (Fsp3) is 0.533. The van der Waals surface area contributed by atoms with Crippen LogP contribution in [0, 0.1) is 11.7 Å². The first kappa shape index (κ1) is 12.6. The molecule has 3 rings (SSSR count). The van der Waals surface area contributed by atoms with Crippen molar-refractivity contribution in [2.75, 3.05) is 13.2 Å². The van der Waals surface area contributed by atoms with E-state index in [1.54, 1.807) is 6.07 Å². The second kappa shape index (κ2) is 4.93. The van der Waals surface area contributed by atoms with E-state index in [2.05, 4.69) is 5.32 Å². The first-order valence-corrected chi connectivity index (χ1v) is 6.85. The molecule has 1 aliphatic heterocycles. The standard InChI is InChI=1S/C15H18FNO2/c16-13-3-1-2-12(10-13)15(6-8-19-9-7-15)17-14(18)11-4-5-11/h1-3,10-11H,4-9H2,(H,17,18). The molecule has 0 radical (unpaired) electrons. The zero-order valence-electron chi connectivity index (χ0n) is 10.8. The summed E-state index contributed by atoms with van der Waals surface area (Å²) in [4.78, 5) is 12.1. The average Bonchev–Trinajstić information content (AvgIpc) is 3.24. The molecular weight excluding hydrogens is 245 g/mol. The molecule has 0 aromatic heterocycles. The summed E-state index contributed by atoms with van der Waals surface area (Å²) in [6.45, 7) is 1.20. The van der Waals surface area contributed by atoms with Crippen molar-refractivity contribution in [2.45, 2.75) is 31.2 Å². The van der Waals surface area contributed by atoms with Crippen molar-refractivity contribution in [3.05, 3.63) is 35.6 Å². The van der Waals surface area contributed by atoms with Crippen molar-refractivity contribution in [2.24, 2.45) is 5.92 Å². The Morgan fingerprint density at radius 1 is 1.32 bits per heavy atom. The highest BCUT2D eigenvalue weighted by Gasteiger charge is 2.40. The average molecular weight is 263 g/mol. The van der Waals surface area contributed by atoms with Gasteiger partial charge in [0.2, 0.25) is 5.91 Å². The molecule has 0 bridgehead atoms. The van der Waals surface area contributed by atoms with Crippen LogP contribution in [-0.4, -0.2) is 19.1 Å². The number of hydrogen-bond acceptors (Lipinski definition) is 2. The van der Waals surface area contributed by atoms with Gasteiger partial charge in [-0.05, 0) is 43.4 Å². The Balaban J connectivity index is 1.88. The maximum absolute atomic E-state index is 13.5. The van der Waals surface area contributed by atoms with Crippen LogP contribution in [0.5, 0.6) is 0 Å². The largest absolute Gasteiger partial charge is 0.381 e. The Hall–Kier alpha value is -1.42. The SMILES string of the molecule is O=C(NC1(c2cccc(F)c2)CCOCC1)C1CC1. The van der Waals surface area contributed by atoms with Crippen LogP contribution >= 0.6 is 0 Å². The number of benzene rings is 1. The zero-order valence-corrected chi connectivity index (χ0v) is 10.8. The maximum atomic E-state index is 13.5. The number of carbonyl (C=O) groups is 1. The molecule has 0 atom stereocenters. The van der Waals surface area contributed by atoms with E-state index < -0.39 is 5.54 Å². The van der Waals surface area contributed by atoms with Crippen LogP contribution in [0.15, 0.2) is 24.3 Å². The number of amides is 1. The normalized spacial score (nSPS) is 21.9. The van der Waals surface area contributed by atoms with Crippen molar-refractivity contribution in [3.63, 3.8) is 0 Å². The molecule has 1 amide bonds. The lowest BCUT2D eigenvalue weighted by atomic mass is 9.82. The monoisotopic (exact) mass is 263 g/mol. The molecule has 4 heteroatoms. The third-order valence-corrected chi connectivity index (χ3v) is 4.03. The summed E-state index contributed by atoms with van der Waals surface area (Å²) in [6.07, 6.45) is 3.35. The molecule has 19 heavy (non-hydrogen) atoms. The molecule has 1 N–H and O–H groups in total. The van der Waals surface area contributed by atoms with E-state index in [0.717, 1.165) is 18.4 Å². The fourth-order valence-corrected chi connectivity index (χ4v) is 2.68. The van der Waals surface area contributed by atoms with Gasteiger partial charge in [0.05, 0.1) is 5.54 Å². The van der Waals surface area contributed by atoms with Crippen molar-refractivity contribution in [1.29, 1.82) is 0 Å². The first-order valence-electron chi connectivity index (χ1n) is 6.85. The van der Waals surface area contributed by atoms with Crippen LogP contribution in [0.1, 0.15) is 31.2 Å². The van der Waals surface area contributed by atoms with Gasteiger partial charge < -0.3 is 10.1 Å². The van der Waals surface area contributed by atoms with Crippen molar-refractivity contribution in [1.82, 2.24) is 5.32 Å². The van der Waals surface area contributed by atoms with Crippen LogP contribution < -0.4 is 5.32 Å². The van der Waals surface area contributed by atoms with Crippen molar-refractivity contribution < 1.29 is 13.9 Å². The van der Waals surface area contributed by atoms with Gasteiger partial charge in [-0.2, -0.15) is 0 Å². The summed E-state index contributed by atoms with van der Waals surface area (Å²) < 4.78 is 18.8. The lowest BCUT2D eigenvalue weighted by molar-refractivity contribution is -0.125. The smallest absolute Gasteiger partial charge is 0.223 e. The molecule has 3 nitrogen and oxygen atoms in total. The van der Waals surface area contributed by atoms with E-state index in [4.69, 9.17) is 4.74 Å². The van der Waals surface area contributed by atoms with Crippen LogP contribution in [0.4, 0.5) is 4.39 Å². The predicted molar refractivity (Wildman–Crippen MR) is 69.0 cm³/mol. The van der Waals surface area contributed by atoms with Crippen LogP contribution in [0.2, 0.25) is 0 Å². The third kappa shape index (κ3) is 2.63. The summed E-state index contributed by atoms with van der Waals surface area (Å²) in [5.74, 6) is 0.00322. The summed E-state index contributed by atoms with van der Waals surface area (Å²) in [7, 11) is 0. The Morgan fingerprint density at radius 2 is 2.05 bits per heavy atom. The molecule has 1 saturated carbocycles. The van der Waals surface area contributed by atoms with Gasteiger partial charge in [-0.25, -0.2) is 4.39 Å². The van der Waals surface area contributed by atoms with Crippen LogP contribution in [0.3, 0.4) is 0 Å². The van der Waals surface area contributed by atoms with E-state index in [1.807, 2.05) is 6.07 Å². The van der Waals surface area contributed by atoms with Gasteiger partial charge in [-0.15, -0.1) is 0 Å². The number of hydrogen-bond donors (Lipinski definition) is 1. The molecule has 1 aliphatic carbocycles. The second-order valence-electron chi connectivity index (χ2n) is 5.47. The molecule has 0 spiro atoms. The van der Waals surface area contributed by atoms with Crippen molar-refractivity contribution in [3.8, 4) is 0 Å². The summed E-state index contributed by atoms with van der Waals surface area (Å²) >= 11 is 0. The quantitative estimate of drug-likeness (QED) is 0.909. The van der Waals surface area contributed by atoms with Gasteiger partial charge in [0.25, 0.3) is 0 Å². The maximum Gasteiger partial charge on any atom is 0.223 e. The molecule has 2 fully saturated rings. The minimum Gasteiger partial charge on any atom is -0.381 e. The van der Waals surface area contributed by atoms with E-state index in [-0.39, 0.29) is 17.6 Å². The minimum atomic E-state index is -0.458. The van der Waals surface area contributed by atoms with E-state index in [1.165, 1.54) is 12.1 Å². The lowest BCUT2D eigenvalue weighted by Gasteiger charge is -2.38. The Labute approximate surface area is 112 Å². The highest BCUT2D eigenvalue weighted by Crippen LogP contribution is 2.36. The highest BCUT2D eigenvalue weighted by atomic mass is 19.1.